The maximum Gasteiger partial charge on any atom is 0.339 e. The molecular formula is C18H11BrO2. The quantitative estimate of drug-likeness (QED) is 0.355. The fraction of sp³-hybridized carbons (Fsp3) is 0.0556. The predicted molar refractivity (Wildman–Crippen MR) is 89.2 cm³/mol. The summed E-state index contributed by atoms with van der Waals surface area (Å²) in [5, 5.41) is 6.94. The van der Waals surface area contributed by atoms with Gasteiger partial charge in [-0.3, -0.25) is 0 Å². The summed E-state index contributed by atoms with van der Waals surface area (Å²) in [6.45, 7) is 0. The molecule has 0 N–H and O–H groups in total. The maximum atomic E-state index is 11.9. The molecule has 4 aromatic carbocycles. The number of methoxy groups -OCH3 is 1. The van der Waals surface area contributed by atoms with E-state index in [0.29, 0.717) is 5.56 Å². The molecule has 0 aliphatic carbocycles. The molecule has 0 aromatic heterocycles. The van der Waals surface area contributed by atoms with Gasteiger partial charge in [-0.15, -0.1) is 0 Å². The topological polar surface area (TPSA) is 26.3 Å². The first-order chi connectivity index (χ1) is 10.2. The molecule has 2 nitrogen and oxygen atoms in total. The van der Waals surface area contributed by atoms with Crippen molar-refractivity contribution in [2.45, 2.75) is 0 Å². The van der Waals surface area contributed by atoms with Crippen LogP contribution in [0.4, 0.5) is 0 Å². The van der Waals surface area contributed by atoms with Gasteiger partial charge in [0.15, 0.2) is 0 Å². The first-order valence-corrected chi connectivity index (χ1v) is 7.44. The Morgan fingerprint density at radius 2 is 1.62 bits per heavy atom. The summed E-state index contributed by atoms with van der Waals surface area (Å²) >= 11 is 3.57. The van der Waals surface area contributed by atoms with E-state index in [2.05, 4.69) is 58.4 Å². The number of hydrogen-bond donors (Lipinski definition) is 0. The SMILES string of the molecule is COC(=O)c1cc2ccc3cccc4ccc(c1Br)c2c34. The average molecular weight is 339 g/mol. The Balaban J connectivity index is 2.27. The number of rotatable bonds is 1. The molecule has 0 radical (unpaired) electrons. The van der Waals surface area contributed by atoms with Gasteiger partial charge >= 0.3 is 5.97 Å². The summed E-state index contributed by atoms with van der Waals surface area (Å²) < 4.78 is 5.67. The van der Waals surface area contributed by atoms with Gasteiger partial charge in [0.25, 0.3) is 0 Å². The molecule has 0 aliphatic rings. The Hall–Kier alpha value is -2.13. The van der Waals surface area contributed by atoms with E-state index < -0.39 is 0 Å². The van der Waals surface area contributed by atoms with Gasteiger partial charge in [0, 0.05) is 4.47 Å². The Morgan fingerprint density at radius 1 is 0.952 bits per heavy atom. The van der Waals surface area contributed by atoms with E-state index in [1.807, 2.05) is 6.07 Å². The van der Waals surface area contributed by atoms with E-state index in [9.17, 15) is 4.79 Å². The lowest BCUT2D eigenvalue weighted by atomic mass is 9.93. The minimum atomic E-state index is -0.326. The summed E-state index contributed by atoms with van der Waals surface area (Å²) in [7, 11) is 1.40. The summed E-state index contributed by atoms with van der Waals surface area (Å²) in [4.78, 5) is 11.9. The van der Waals surface area contributed by atoms with Gasteiger partial charge in [0.1, 0.15) is 0 Å². The van der Waals surface area contributed by atoms with Gasteiger partial charge in [0.2, 0.25) is 0 Å². The molecule has 0 saturated heterocycles. The van der Waals surface area contributed by atoms with Crippen LogP contribution >= 0.6 is 15.9 Å². The maximum absolute atomic E-state index is 11.9. The largest absolute Gasteiger partial charge is 0.465 e. The van der Waals surface area contributed by atoms with Crippen molar-refractivity contribution in [3.8, 4) is 0 Å². The van der Waals surface area contributed by atoms with Crippen LogP contribution in [0.25, 0.3) is 32.3 Å². The minimum Gasteiger partial charge on any atom is -0.465 e. The normalized spacial score (nSPS) is 11.5. The Labute approximate surface area is 129 Å². The van der Waals surface area contributed by atoms with Crippen molar-refractivity contribution in [3.05, 3.63) is 58.6 Å². The lowest BCUT2D eigenvalue weighted by molar-refractivity contribution is 0.0600. The molecule has 4 rings (SSSR count). The first kappa shape index (κ1) is 12.6. The van der Waals surface area contributed by atoms with Crippen LogP contribution in [0.15, 0.2) is 53.0 Å². The van der Waals surface area contributed by atoms with Crippen LogP contribution in [0.5, 0.6) is 0 Å². The Bertz CT molecular complexity index is 989. The Kier molecular flexibility index (Phi) is 2.66. The number of halogens is 1. The zero-order valence-electron chi connectivity index (χ0n) is 11.3. The van der Waals surface area contributed by atoms with Gasteiger partial charge in [-0.2, -0.15) is 0 Å². The van der Waals surface area contributed by atoms with Gasteiger partial charge in [-0.25, -0.2) is 4.79 Å². The molecule has 0 spiro atoms. The molecule has 0 saturated carbocycles. The number of carbonyl (C=O) groups excluding carboxylic acids is 1. The fourth-order valence-corrected chi connectivity index (χ4v) is 3.64. The molecule has 0 atom stereocenters. The second kappa shape index (κ2) is 4.43. The molecular weight excluding hydrogens is 328 g/mol. The predicted octanol–water partition coefficient (Wildman–Crippen LogP) is 5.13. The van der Waals surface area contributed by atoms with Crippen LogP contribution in [0.3, 0.4) is 0 Å². The lowest BCUT2D eigenvalue weighted by Crippen LogP contribution is -2.03. The van der Waals surface area contributed by atoms with Crippen LogP contribution in [0, 0.1) is 0 Å². The number of benzene rings is 4. The number of ether oxygens (including phenoxy) is 1. The molecule has 0 unspecified atom stereocenters. The van der Waals surface area contributed by atoms with Crippen LogP contribution < -0.4 is 0 Å². The molecule has 102 valence electrons. The lowest BCUT2D eigenvalue weighted by Gasteiger charge is -2.13. The number of esters is 1. The van der Waals surface area contributed by atoms with Crippen molar-refractivity contribution < 1.29 is 9.53 Å². The van der Waals surface area contributed by atoms with Gasteiger partial charge in [-0.1, -0.05) is 42.5 Å². The van der Waals surface area contributed by atoms with Crippen molar-refractivity contribution >= 4 is 54.2 Å². The summed E-state index contributed by atoms with van der Waals surface area (Å²) in [5.41, 5.74) is 0.559. The van der Waals surface area contributed by atoms with Crippen molar-refractivity contribution in [1.82, 2.24) is 0 Å². The molecule has 0 aliphatic heterocycles. The average Bonchev–Trinajstić information content (AvgIpc) is 2.53. The third kappa shape index (κ3) is 1.67. The number of carbonyl (C=O) groups is 1. The zero-order chi connectivity index (χ0) is 14.6. The van der Waals surface area contributed by atoms with Gasteiger partial charge in [0.05, 0.1) is 12.7 Å². The third-order valence-electron chi connectivity index (χ3n) is 3.99. The third-order valence-corrected chi connectivity index (χ3v) is 4.84. The minimum absolute atomic E-state index is 0.326. The zero-order valence-corrected chi connectivity index (χ0v) is 12.9. The van der Waals surface area contributed by atoms with Gasteiger partial charge in [-0.05, 0) is 54.3 Å². The first-order valence-electron chi connectivity index (χ1n) is 6.65. The molecule has 4 aromatic rings. The van der Waals surface area contributed by atoms with Crippen molar-refractivity contribution in [2.24, 2.45) is 0 Å². The van der Waals surface area contributed by atoms with E-state index in [1.165, 1.54) is 28.7 Å². The van der Waals surface area contributed by atoms with Crippen molar-refractivity contribution in [2.75, 3.05) is 7.11 Å². The highest BCUT2D eigenvalue weighted by atomic mass is 79.9. The van der Waals surface area contributed by atoms with E-state index in [-0.39, 0.29) is 5.97 Å². The van der Waals surface area contributed by atoms with E-state index in [1.54, 1.807) is 0 Å². The standard InChI is InChI=1S/C18H11BrO2/c1-21-18(20)14-9-12-6-5-10-3-2-4-11-7-8-13(17(14)19)16(12)15(10)11/h2-9H,1H3. The summed E-state index contributed by atoms with van der Waals surface area (Å²) in [6.07, 6.45) is 0. The second-order valence-electron chi connectivity index (χ2n) is 5.09. The van der Waals surface area contributed by atoms with Crippen LogP contribution in [0.2, 0.25) is 0 Å². The van der Waals surface area contributed by atoms with Crippen LogP contribution in [-0.2, 0) is 4.74 Å². The summed E-state index contributed by atoms with van der Waals surface area (Å²) in [5.74, 6) is -0.326. The molecule has 3 heteroatoms. The van der Waals surface area contributed by atoms with Gasteiger partial charge < -0.3 is 4.74 Å². The molecule has 0 bridgehead atoms. The molecule has 0 fully saturated rings. The monoisotopic (exact) mass is 338 g/mol. The van der Waals surface area contributed by atoms with E-state index >= 15 is 0 Å². The highest BCUT2D eigenvalue weighted by Crippen LogP contribution is 2.39. The summed E-state index contributed by atoms with van der Waals surface area (Å²) in [6, 6.07) is 16.5. The highest BCUT2D eigenvalue weighted by Gasteiger charge is 2.17. The second-order valence-corrected chi connectivity index (χ2v) is 5.88. The molecule has 21 heavy (non-hydrogen) atoms. The Morgan fingerprint density at radius 3 is 2.33 bits per heavy atom. The van der Waals surface area contributed by atoms with Crippen LogP contribution in [-0.4, -0.2) is 13.1 Å². The fourth-order valence-electron chi connectivity index (χ4n) is 3.03. The van der Waals surface area contributed by atoms with Crippen LogP contribution in [0.1, 0.15) is 10.4 Å². The van der Waals surface area contributed by atoms with E-state index in [0.717, 1.165) is 15.2 Å². The molecule has 0 heterocycles. The highest BCUT2D eigenvalue weighted by molar-refractivity contribution is 9.10. The smallest absolute Gasteiger partial charge is 0.339 e. The molecule has 0 amide bonds. The van der Waals surface area contributed by atoms with E-state index in [4.69, 9.17) is 4.74 Å². The van der Waals surface area contributed by atoms with Crippen molar-refractivity contribution in [1.29, 1.82) is 0 Å². The number of hydrogen-bond acceptors (Lipinski definition) is 2. The van der Waals surface area contributed by atoms with Crippen molar-refractivity contribution in [3.63, 3.8) is 0 Å².